The summed E-state index contributed by atoms with van der Waals surface area (Å²) in [6.07, 6.45) is 13.6. The third kappa shape index (κ3) is 4.70. The van der Waals surface area contributed by atoms with Crippen LogP contribution in [-0.4, -0.2) is 60.8 Å². The highest BCUT2D eigenvalue weighted by Crippen LogP contribution is 2.44. The van der Waals surface area contributed by atoms with Gasteiger partial charge in [0.05, 0.1) is 19.3 Å². The fourth-order valence-corrected chi connectivity index (χ4v) is 6.59. The summed E-state index contributed by atoms with van der Waals surface area (Å²) in [7, 11) is 2.08. The van der Waals surface area contributed by atoms with E-state index in [1.165, 1.54) is 38.5 Å². The van der Waals surface area contributed by atoms with E-state index in [-0.39, 0.29) is 11.9 Å². The van der Waals surface area contributed by atoms with Gasteiger partial charge in [-0.3, -0.25) is 14.9 Å². The van der Waals surface area contributed by atoms with Crippen molar-refractivity contribution in [2.75, 3.05) is 38.3 Å². The van der Waals surface area contributed by atoms with Gasteiger partial charge >= 0.3 is 0 Å². The summed E-state index contributed by atoms with van der Waals surface area (Å²) in [4.78, 5) is 28.0. The molecule has 8 heteroatoms. The monoisotopic (exact) mass is 483 g/mol. The van der Waals surface area contributed by atoms with Crippen LogP contribution in [0.1, 0.15) is 76.0 Å². The van der Waals surface area contributed by atoms with Gasteiger partial charge in [0, 0.05) is 37.8 Å². The van der Waals surface area contributed by atoms with Gasteiger partial charge in [-0.25, -0.2) is 4.98 Å². The third-order valence-corrected chi connectivity index (χ3v) is 9.19. The van der Waals surface area contributed by atoms with Crippen LogP contribution in [0, 0.1) is 17.8 Å². The highest BCUT2D eigenvalue weighted by molar-refractivity contribution is 5.81. The topological polar surface area (TPSA) is 79.0 Å². The maximum atomic E-state index is 12.6. The van der Waals surface area contributed by atoms with E-state index in [1.54, 1.807) is 0 Å². The lowest BCUT2D eigenvalue weighted by atomic mass is 9.73. The average Bonchev–Trinajstić information content (AvgIpc) is 3.67. The van der Waals surface area contributed by atoms with Gasteiger partial charge in [-0.2, -0.15) is 5.48 Å². The van der Waals surface area contributed by atoms with Crippen LogP contribution in [0.15, 0.2) is 18.3 Å². The highest BCUT2D eigenvalue weighted by atomic mass is 16.7. The molecule has 1 amide bonds. The van der Waals surface area contributed by atoms with Crippen LogP contribution in [0.5, 0.6) is 0 Å². The summed E-state index contributed by atoms with van der Waals surface area (Å²) in [5.74, 6) is 2.64. The number of carbonyl (C=O) groups excluding carboxylic acids is 1. The van der Waals surface area contributed by atoms with Crippen molar-refractivity contribution >= 4 is 11.7 Å². The Labute approximate surface area is 209 Å². The van der Waals surface area contributed by atoms with Crippen LogP contribution >= 0.6 is 0 Å². The molecule has 3 aliphatic heterocycles. The zero-order valence-corrected chi connectivity index (χ0v) is 21.1. The molecule has 2 N–H and O–H groups in total. The molecule has 2 unspecified atom stereocenters. The van der Waals surface area contributed by atoms with E-state index in [0.29, 0.717) is 29.7 Å². The number of amides is 1. The lowest BCUT2D eigenvalue weighted by Crippen LogP contribution is -2.62. The Bertz CT molecular complexity index is 873. The molecule has 3 saturated heterocycles. The molecule has 0 bridgehead atoms. The van der Waals surface area contributed by atoms with Crippen molar-refractivity contribution < 1.29 is 14.4 Å². The van der Waals surface area contributed by atoms with Gasteiger partial charge in [-0.1, -0.05) is 25.7 Å². The summed E-state index contributed by atoms with van der Waals surface area (Å²) in [5, 5.41) is 3.95. The van der Waals surface area contributed by atoms with Crippen molar-refractivity contribution in [3.8, 4) is 0 Å². The second-order valence-corrected chi connectivity index (χ2v) is 11.4. The molecule has 5 aliphatic rings. The predicted molar refractivity (Wildman–Crippen MR) is 133 cm³/mol. The standard InChI is InChI=1S/C27H41N5O3/c1-31(23-17-34-18-23)24-11-10-20(16-28-24)25-29-27(30-35-25,21-6-4-2-3-5-7-21)22-12-14-32(15-13-22)26(33)19-8-9-19/h10-11,16,19,21-23,25,29-30H,2-9,12-15,17-18H2,1H3. The van der Waals surface area contributed by atoms with E-state index in [0.717, 1.165) is 63.4 Å². The Hall–Kier alpha value is -1.74. The largest absolute Gasteiger partial charge is 0.377 e. The number of likely N-dealkylation sites (tertiary alicyclic amines) is 1. The predicted octanol–water partition coefficient (Wildman–Crippen LogP) is 3.35. The maximum Gasteiger partial charge on any atom is 0.225 e. The van der Waals surface area contributed by atoms with Gasteiger partial charge in [0.2, 0.25) is 5.91 Å². The van der Waals surface area contributed by atoms with Crippen molar-refractivity contribution in [2.24, 2.45) is 17.8 Å². The fraction of sp³-hybridized carbons (Fsp3) is 0.778. The summed E-state index contributed by atoms with van der Waals surface area (Å²) in [6.45, 7) is 3.28. The molecule has 8 nitrogen and oxygen atoms in total. The molecular weight excluding hydrogens is 442 g/mol. The first kappa shape index (κ1) is 23.6. The molecule has 6 rings (SSSR count). The van der Waals surface area contributed by atoms with Crippen LogP contribution in [0.2, 0.25) is 0 Å². The van der Waals surface area contributed by atoms with Crippen LogP contribution in [0.4, 0.5) is 5.82 Å². The quantitative estimate of drug-likeness (QED) is 0.601. The number of pyridine rings is 1. The first-order valence-corrected chi connectivity index (χ1v) is 13.9. The van der Waals surface area contributed by atoms with Gasteiger partial charge in [-0.05, 0) is 62.5 Å². The molecule has 35 heavy (non-hydrogen) atoms. The minimum atomic E-state index is -0.248. The number of rotatable bonds is 6. The zero-order valence-electron chi connectivity index (χ0n) is 21.1. The normalized spacial score (nSPS) is 31.2. The van der Waals surface area contributed by atoms with Gasteiger partial charge in [-0.15, -0.1) is 0 Å². The van der Waals surface area contributed by atoms with E-state index in [4.69, 9.17) is 14.6 Å². The van der Waals surface area contributed by atoms with E-state index in [2.05, 4.69) is 39.8 Å². The number of carbonyl (C=O) groups is 1. The number of aromatic nitrogens is 1. The second kappa shape index (κ2) is 9.96. The van der Waals surface area contributed by atoms with Gasteiger partial charge < -0.3 is 14.5 Å². The van der Waals surface area contributed by atoms with Crippen LogP contribution < -0.4 is 15.7 Å². The Morgan fingerprint density at radius 3 is 2.34 bits per heavy atom. The molecule has 192 valence electrons. The lowest BCUT2D eigenvalue weighted by molar-refractivity contribution is -0.135. The molecule has 1 aromatic heterocycles. The van der Waals surface area contributed by atoms with Gasteiger partial charge in [0.15, 0.2) is 6.23 Å². The number of nitrogens with one attached hydrogen (secondary N) is 2. The lowest BCUT2D eigenvalue weighted by Gasteiger charge is -2.46. The molecule has 2 saturated carbocycles. The van der Waals surface area contributed by atoms with E-state index in [1.807, 2.05) is 6.20 Å². The van der Waals surface area contributed by atoms with Gasteiger partial charge in [0.25, 0.3) is 0 Å². The van der Waals surface area contributed by atoms with Crippen LogP contribution in [0.3, 0.4) is 0 Å². The van der Waals surface area contributed by atoms with Crippen LogP contribution in [-0.2, 0) is 14.4 Å². The first-order chi connectivity index (χ1) is 17.1. The molecule has 5 fully saturated rings. The second-order valence-electron chi connectivity index (χ2n) is 11.4. The number of ether oxygens (including phenoxy) is 1. The highest BCUT2D eigenvalue weighted by Gasteiger charge is 2.52. The number of anilines is 1. The Kier molecular flexibility index (Phi) is 6.73. The first-order valence-electron chi connectivity index (χ1n) is 13.9. The Morgan fingerprint density at radius 1 is 1.03 bits per heavy atom. The molecule has 2 aliphatic carbocycles. The van der Waals surface area contributed by atoms with Crippen LogP contribution in [0.25, 0.3) is 0 Å². The van der Waals surface area contributed by atoms with Crippen molar-refractivity contribution in [3.05, 3.63) is 23.9 Å². The fourth-order valence-electron chi connectivity index (χ4n) is 6.59. The molecule has 1 aromatic rings. The number of piperidine rings is 1. The van der Waals surface area contributed by atoms with Crippen molar-refractivity contribution in [1.82, 2.24) is 20.7 Å². The molecule has 0 aromatic carbocycles. The summed E-state index contributed by atoms with van der Waals surface area (Å²) < 4.78 is 5.33. The van der Waals surface area contributed by atoms with Crippen molar-refractivity contribution in [1.29, 1.82) is 0 Å². The number of likely N-dealkylation sites (N-methyl/N-ethyl adjacent to an activating group) is 1. The van der Waals surface area contributed by atoms with Gasteiger partial charge in [0.1, 0.15) is 11.5 Å². The molecular formula is C27H41N5O3. The Morgan fingerprint density at radius 2 is 1.74 bits per heavy atom. The number of nitrogens with zero attached hydrogens (tertiary/aromatic N) is 3. The van der Waals surface area contributed by atoms with Crippen molar-refractivity contribution in [3.63, 3.8) is 0 Å². The molecule has 0 radical (unpaired) electrons. The smallest absolute Gasteiger partial charge is 0.225 e. The minimum absolute atomic E-state index is 0.219. The third-order valence-electron chi connectivity index (χ3n) is 9.19. The maximum absolute atomic E-state index is 12.6. The average molecular weight is 484 g/mol. The Balaban J connectivity index is 1.17. The van der Waals surface area contributed by atoms with E-state index < -0.39 is 0 Å². The summed E-state index contributed by atoms with van der Waals surface area (Å²) >= 11 is 0. The summed E-state index contributed by atoms with van der Waals surface area (Å²) in [5.41, 5.74) is 4.37. The molecule has 2 atom stereocenters. The SMILES string of the molecule is CN(c1ccc(C2NC(C3CCCCCC3)(C3CCN(C(=O)C4CC4)CC3)NO2)cn1)C1COC1. The number of hydrogen-bond donors (Lipinski definition) is 2. The van der Waals surface area contributed by atoms with E-state index in [9.17, 15) is 4.79 Å². The van der Waals surface area contributed by atoms with E-state index >= 15 is 0 Å². The molecule has 0 spiro atoms. The van der Waals surface area contributed by atoms with Crippen molar-refractivity contribution in [2.45, 2.75) is 82.1 Å². The number of hydroxylamine groups is 1. The molecule has 4 heterocycles. The zero-order chi connectivity index (χ0) is 23.8. The number of hydrogen-bond acceptors (Lipinski definition) is 7. The minimum Gasteiger partial charge on any atom is -0.377 e. The summed E-state index contributed by atoms with van der Waals surface area (Å²) in [6, 6.07) is 4.64.